The molecule has 102 valence electrons. The lowest BCUT2D eigenvalue weighted by atomic mass is 10.2. The average molecular weight is 287 g/mol. The maximum Gasteiger partial charge on any atom is 0.163 e. The topological polar surface area (TPSA) is 86.0 Å². The summed E-state index contributed by atoms with van der Waals surface area (Å²) in [7, 11) is 1.62. The molecule has 0 bridgehead atoms. The van der Waals surface area contributed by atoms with Gasteiger partial charge in [-0.3, -0.25) is 4.98 Å². The highest BCUT2D eigenvalue weighted by Gasteiger charge is 2.08. The molecule has 0 saturated carbocycles. The van der Waals surface area contributed by atoms with Crippen molar-refractivity contribution >= 4 is 27.4 Å². The van der Waals surface area contributed by atoms with E-state index < -0.39 is 0 Å². The number of nitrogens with zero attached hydrogens (tertiary/aromatic N) is 3. The Bertz CT molecular complexity index is 742. The average Bonchev–Trinajstić information content (AvgIpc) is 2.94. The molecule has 0 aromatic carbocycles. The standard InChI is InChI=1S/C13H13N5OS/c1-19-7-9-5-12(18-14)17-13(16-9)8-4-11-10(15-6-8)2-3-20-11/h2-6H,7,14H2,1H3,(H,16,17,18). The van der Waals surface area contributed by atoms with Gasteiger partial charge >= 0.3 is 0 Å². The summed E-state index contributed by atoms with van der Waals surface area (Å²) in [6.45, 7) is 0.402. The van der Waals surface area contributed by atoms with Gasteiger partial charge in [0.2, 0.25) is 0 Å². The Morgan fingerprint density at radius 1 is 1.35 bits per heavy atom. The first kappa shape index (κ1) is 12.9. The van der Waals surface area contributed by atoms with Crippen molar-refractivity contribution < 1.29 is 4.74 Å². The summed E-state index contributed by atoms with van der Waals surface area (Å²) in [6, 6.07) is 5.77. The molecule has 3 heterocycles. The zero-order valence-electron chi connectivity index (χ0n) is 10.8. The van der Waals surface area contributed by atoms with Gasteiger partial charge in [-0.15, -0.1) is 11.3 Å². The van der Waals surface area contributed by atoms with Gasteiger partial charge in [-0.1, -0.05) is 0 Å². The van der Waals surface area contributed by atoms with Crippen LogP contribution < -0.4 is 11.3 Å². The quantitative estimate of drug-likeness (QED) is 0.565. The van der Waals surface area contributed by atoms with Crippen LogP contribution in [0.2, 0.25) is 0 Å². The highest BCUT2D eigenvalue weighted by molar-refractivity contribution is 7.17. The zero-order valence-corrected chi connectivity index (χ0v) is 11.6. The van der Waals surface area contributed by atoms with E-state index in [1.54, 1.807) is 30.7 Å². The molecule has 3 N–H and O–H groups in total. The minimum atomic E-state index is 0.402. The largest absolute Gasteiger partial charge is 0.378 e. The molecule has 0 unspecified atom stereocenters. The van der Waals surface area contributed by atoms with Crippen molar-refractivity contribution in [3.8, 4) is 11.4 Å². The summed E-state index contributed by atoms with van der Waals surface area (Å²) in [5.74, 6) is 6.57. The first-order chi connectivity index (χ1) is 9.80. The molecule has 0 atom stereocenters. The predicted molar refractivity (Wildman–Crippen MR) is 79.2 cm³/mol. The molecule has 7 heteroatoms. The maximum atomic E-state index is 5.44. The monoisotopic (exact) mass is 287 g/mol. The van der Waals surface area contributed by atoms with Crippen molar-refractivity contribution in [1.82, 2.24) is 15.0 Å². The minimum Gasteiger partial charge on any atom is -0.378 e. The SMILES string of the molecule is COCc1cc(NN)nc(-c2cnc3ccsc3c2)n1. The van der Waals surface area contributed by atoms with E-state index in [-0.39, 0.29) is 0 Å². The lowest BCUT2D eigenvalue weighted by Crippen LogP contribution is -2.10. The van der Waals surface area contributed by atoms with E-state index in [9.17, 15) is 0 Å². The number of hydrogen-bond donors (Lipinski definition) is 2. The molecule has 6 nitrogen and oxygen atoms in total. The van der Waals surface area contributed by atoms with Gasteiger partial charge in [0.1, 0.15) is 5.82 Å². The number of nitrogen functional groups attached to an aromatic ring is 1. The molecule has 0 saturated heterocycles. The van der Waals surface area contributed by atoms with Crippen LogP contribution in [-0.4, -0.2) is 22.1 Å². The van der Waals surface area contributed by atoms with Crippen molar-refractivity contribution in [2.24, 2.45) is 5.84 Å². The maximum absolute atomic E-state index is 5.44. The molecule has 0 radical (unpaired) electrons. The van der Waals surface area contributed by atoms with Crippen LogP contribution in [0.1, 0.15) is 5.69 Å². The van der Waals surface area contributed by atoms with Gasteiger partial charge < -0.3 is 10.2 Å². The van der Waals surface area contributed by atoms with Crippen LogP contribution in [0.15, 0.2) is 29.8 Å². The van der Waals surface area contributed by atoms with Crippen LogP contribution in [0.25, 0.3) is 21.6 Å². The van der Waals surface area contributed by atoms with Gasteiger partial charge in [-0.05, 0) is 17.5 Å². The van der Waals surface area contributed by atoms with Crippen LogP contribution in [0.3, 0.4) is 0 Å². The number of thiophene rings is 1. The Kier molecular flexibility index (Phi) is 3.55. The summed E-state index contributed by atoms with van der Waals surface area (Å²) in [5, 5.41) is 2.01. The number of hydrazine groups is 1. The Hall–Kier alpha value is -2.09. The van der Waals surface area contributed by atoms with E-state index >= 15 is 0 Å². The molecule has 0 aliphatic carbocycles. The third-order valence-corrected chi connectivity index (χ3v) is 3.63. The molecule has 0 aliphatic rings. The van der Waals surface area contributed by atoms with Crippen molar-refractivity contribution in [3.63, 3.8) is 0 Å². The molecule has 0 spiro atoms. The van der Waals surface area contributed by atoms with Gasteiger partial charge in [-0.2, -0.15) is 0 Å². The zero-order chi connectivity index (χ0) is 13.9. The Balaban J connectivity index is 2.09. The highest BCUT2D eigenvalue weighted by atomic mass is 32.1. The predicted octanol–water partition coefficient (Wildman–Crippen LogP) is 2.19. The van der Waals surface area contributed by atoms with E-state index in [1.807, 2.05) is 17.5 Å². The molecule has 20 heavy (non-hydrogen) atoms. The lowest BCUT2D eigenvalue weighted by molar-refractivity contribution is 0.181. The van der Waals surface area contributed by atoms with Crippen LogP contribution in [0.4, 0.5) is 5.82 Å². The molecular formula is C13H13N5OS. The number of fused-ring (bicyclic) bond motifs is 1. The summed E-state index contributed by atoms with van der Waals surface area (Å²) >= 11 is 1.64. The Morgan fingerprint density at radius 3 is 3.05 bits per heavy atom. The minimum absolute atomic E-state index is 0.402. The highest BCUT2D eigenvalue weighted by Crippen LogP contribution is 2.24. The van der Waals surface area contributed by atoms with E-state index in [1.165, 1.54) is 0 Å². The summed E-state index contributed by atoms with van der Waals surface area (Å²) in [6.07, 6.45) is 1.77. The van der Waals surface area contributed by atoms with Gasteiger partial charge in [0.15, 0.2) is 5.82 Å². The Labute approximate surface area is 119 Å². The van der Waals surface area contributed by atoms with Crippen LogP contribution in [0.5, 0.6) is 0 Å². The van der Waals surface area contributed by atoms with Gasteiger partial charge in [0.25, 0.3) is 0 Å². The van der Waals surface area contributed by atoms with Crippen LogP contribution in [0, 0.1) is 0 Å². The molecular weight excluding hydrogens is 274 g/mol. The van der Waals surface area contributed by atoms with Crippen molar-refractivity contribution in [2.45, 2.75) is 6.61 Å². The number of hydrogen-bond acceptors (Lipinski definition) is 7. The van der Waals surface area contributed by atoms with Crippen molar-refractivity contribution in [3.05, 3.63) is 35.5 Å². The van der Waals surface area contributed by atoms with Crippen molar-refractivity contribution in [2.75, 3.05) is 12.5 Å². The first-order valence-corrected chi connectivity index (χ1v) is 6.85. The molecule has 3 rings (SSSR count). The first-order valence-electron chi connectivity index (χ1n) is 5.97. The van der Waals surface area contributed by atoms with E-state index in [2.05, 4.69) is 20.4 Å². The number of rotatable bonds is 4. The van der Waals surface area contributed by atoms with Crippen molar-refractivity contribution in [1.29, 1.82) is 0 Å². The second-order valence-electron chi connectivity index (χ2n) is 4.17. The summed E-state index contributed by atoms with van der Waals surface area (Å²) in [5.41, 5.74) is 5.14. The molecule has 0 aliphatic heterocycles. The fourth-order valence-corrected chi connectivity index (χ4v) is 2.67. The third-order valence-electron chi connectivity index (χ3n) is 2.78. The number of nitrogens with two attached hydrogens (primary N) is 1. The lowest BCUT2D eigenvalue weighted by Gasteiger charge is -2.07. The van der Waals surface area contributed by atoms with E-state index in [4.69, 9.17) is 10.6 Å². The van der Waals surface area contributed by atoms with E-state index in [0.29, 0.717) is 18.2 Å². The number of aromatic nitrogens is 3. The number of pyridine rings is 1. The van der Waals surface area contributed by atoms with Crippen LogP contribution >= 0.6 is 11.3 Å². The third kappa shape index (κ3) is 2.46. The normalized spacial score (nSPS) is 10.9. The molecule has 0 amide bonds. The summed E-state index contributed by atoms with van der Waals surface area (Å²) in [4.78, 5) is 13.2. The fourth-order valence-electron chi connectivity index (χ4n) is 1.89. The van der Waals surface area contributed by atoms with Crippen LogP contribution in [-0.2, 0) is 11.3 Å². The number of anilines is 1. The van der Waals surface area contributed by atoms with E-state index in [0.717, 1.165) is 21.5 Å². The molecule has 0 fully saturated rings. The second kappa shape index (κ2) is 5.49. The second-order valence-corrected chi connectivity index (χ2v) is 5.12. The van der Waals surface area contributed by atoms with Gasteiger partial charge in [-0.25, -0.2) is 15.8 Å². The fraction of sp³-hybridized carbons (Fsp3) is 0.154. The Morgan fingerprint density at radius 2 is 2.25 bits per heavy atom. The van der Waals surface area contributed by atoms with Gasteiger partial charge in [0.05, 0.1) is 22.5 Å². The summed E-state index contributed by atoms with van der Waals surface area (Å²) < 4.78 is 6.21. The van der Waals surface area contributed by atoms with Gasteiger partial charge in [0, 0.05) is 24.9 Å². The number of nitrogens with one attached hydrogen (secondary N) is 1. The molecule has 3 aromatic heterocycles. The molecule has 3 aromatic rings. The number of methoxy groups -OCH3 is 1. The smallest absolute Gasteiger partial charge is 0.163 e. The number of ether oxygens (including phenoxy) is 1.